The van der Waals surface area contributed by atoms with Crippen LogP contribution in [0.1, 0.15) is 53.0 Å². The van der Waals surface area contributed by atoms with Gasteiger partial charge in [0.2, 0.25) is 11.6 Å². The summed E-state index contributed by atoms with van der Waals surface area (Å²) in [7, 11) is 0. The van der Waals surface area contributed by atoms with Gasteiger partial charge in [0.25, 0.3) is 0 Å². The number of benzene rings is 1. The van der Waals surface area contributed by atoms with Gasteiger partial charge in [-0.05, 0) is 18.4 Å². The number of ether oxygens (including phenoxy) is 2. The van der Waals surface area contributed by atoms with Crippen molar-refractivity contribution in [2.45, 2.75) is 89.7 Å². The Morgan fingerprint density at radius 3 is 2.38 bits per heavy atom. The quantitative estimate of drug-likeness (QED) is 0.215. The minimum absolute atomic E-state index is 0.00437. The summed E-state index contributed by atoms with van der Waals surface area (Å²) in [6.07, 6.45) is -4.94. The maximum absolute atomic E-state index is 14.2. The lowest BCUT2D eigenvalue weighted by Gasteiger charge is -2.67. The molecular weight excluding hydrogens is 508 g/mol. The molecule has 10 atom stereocenters. The maximum Gasteiger partial charge on any atom is 0.303 e. The molecule has 1 saturated heterocycles. The van der Waals surface area contributed by atoms with Crippen molar-refractivity contribution >= 4 is 17.5 Å². The Bertz CT molecular complexity index is 1150. The average Bonchev–Trinajstić information content (AvgIpc) is 2.86. The van der Waals surface area contributed by atoms with E-state index in [4.69, 9.17) is 19.2 Å². The Morgan fingerprint density at radius 2 is 1.79 bits per heavy atom. The van der Waals surface area contributed by atoms with Crippen molar-refractivity contribution in [2.75, 3.05) is 6.61 Å². The second kappa shape index (κ2) is 9.43. The van der Waals surface area contributed by atoms with Crippen LogP contribution in [0, 0.1) is 28.6 Å². The Balaban J connectivity index is 1.70. The van der Waals surface area contributed by atoms with E-state index in [1.807, 2.05) is 30.3 Å². The number of Topliss-reactive ketones (excluding diaryl/α,β-unsaturated/α-hetero) is 2. The van der Waals surface area contributed by atoms with Crippen molar-refractivity contribution < 1.29 is 49.0 Å². The number of ketones is 2. The molecule has 1 aromatic carbocycles. The SMILES string of the molecule is CC(=O)O[C@@]12CO[C@@H]1C[C@H](O)[C@@]1(C)C(=O)C(=O)C3C(C)[C@@H](O)C[C@@](O)([C@@H](OOCc4ccccc4)[C@H]21)C3(C)C. The molecule has 214 valence electrons. The van der Waals surface area contributed by atoms with Crippen molar-refractivity contribution in [3.05, 3.63) is 35.9 Å². The minimum atomic E-state index is -1.94. The number of hydrogen-bond acceptors (Lipinski definition) is 10. The molecule has 0 aromatic heterocycles. The summed E-state index contributed by atoms with van der Waals surface area (Å²) in [5.41, 5.74) is -5.73. The van der Waals surface area contributed by atoms with Gasteiger partial charge in [0.15, 0.2) is 5.60 Å². The smallest absolute Gasteiger partial charge is 0.303 e. The van der Waals surface area contributed by atoms with Crippen LogP contribution in [-0.2, 0) is 40.2 Å². The molecule has 5 rings (SSSR count). The number of carbonyl (C=O) groups excluding carboxylic acids is 3. The Kier molecular flexibility index (Phi) is 6.85. The molecule has 3 aliphatic carbocycles. The fraction of sp³-hybridized carbons (Fsp3) is 0.690. The van der Waals surface area contributed by atoms with Crippen LogP contribution in [-0.4, -0.2) is 75.1 Å². The zero-order chi connectivity index (χ0) is 28.5. The predicted octanol–water partition coefficient (Wildman–Crippen LogP) is 1.52. The second-order valence-electron chi connectivity index (χ2n) is 12.6. The van der Waals surface area contributed by atoms with E-state index in [9.17, 15) is 29.7 Å². The third-order valence-corrected chi connectivity index (χ3v) is 10.2. The molecule has 0 amide bonds. The van der Waals surface area contributed by atoms with E-state index in [0.29, 0.717) is 0 Å². The van der Waals surface area contributed by atoms with Crippen LogP contribution in [0.3, 0.4) is 0 Å². The molecular formula is C29H38O10. The number of fused-ring (bicyclic) bond motifs is 5. The van der Waals surface area contributed by atoms with Crippen LogP contribution in [0.2, 0.25) is 0 Å². The highest BCUT2D eigenvalue weighted by Gasteiger charge is 2.78. The minimum Gasteiger partial charge on any atom is -0.454 e. The van der Waals surface area contributed by atoms with Crippen molar-refractivity contribution in [3.63, 3.8) is 0 Å². The normalized spacial score (nSPS) is 44.8. The monoisotopic (exact) mass is 546 g/mol. The Labute approximate surface area is 227 Å². The largest absolute Gasteiger partial charge is 0.454 e. The molecule has 3 N–H and O–H groups in total. The highest BCUT2D eigenvalue weighted by Crippen LogP contribution is 2.64. The van der Waals surface area contributed by atoms with Gasteiger partial charge < -0.3 is 24.8 Å². The van der Waals surface area contributed by atoms with E-state index in [1.54, 1.807) is 20.8 Å². The molecule has 3 saturated carbocycles. The highest BCUT2D eigenvalue weighted by atomic mass is 17.2. The number of rotatable bonds is 5. The van der Waals surface area contributed by atoms with E-state index in [-0.39, 0.29) is 26.1 Å². The lowest BCUT2D eigenvalue weighted by atomic mass is 9.42. The van der Waals surface area contributed by atoms with Crippen LogP contribution >= 0.6 is 0 Å². The first-order valence-corrected chi connectivity index (χ1v) is 13.5. The van der Waals surface area contributed by atoms with Crippen molar-refractivity contribution in [1.29, 1.82) is 0 Å². The topological polar surface area (TPSA) is 149 Å². The lowest BCUT2D eigenvalue weighted by Crippen LogP contribution is -2.82. The molecule has 10 nitrogen and oxygen atoms in total. The van der Waals surface area contributed by atoms with E-state index < -0.39 is 81.7 Å². The van der Waals surface area contributed by atoms with Gasteiger partial charge in [-0.15, -0.1) is 0 Å². The molecule has 2 unspecified atom stereocenters. The lowest BCUT2D eigenvalue weighted by molar-refractivity contribution is -0.424. The van der Waals surface area contributed by atoms with Gasteiger partial charge in [-0.25, -0.2) is 9.78 Å². The number of hydrogen-bond donors (Lipinski definition) is 3. The average molecular weight is 547 g/mol. The molecule has 1 aromatic rings. The van der Waals surface area contributed by atoms with E-state index in [2.05, 4.69) is 0 Å². The zero-order valence-electron chi connectivity index (χ0n) is 23.0. The maximum atomic E-state index is 14.2. The van der Waals surface area contributed by atoms with Gasteiger partial charge in [0.05, 0.1) is 30.1 Å². The molecule has 10 heteroatoms. The fourth-order valence-corrected chi connectivity index (χ4v) is 7.91. The summed E-state index contributed by atoms with van der Waals surface area (Å²) in [4.78, 5) is 52.4. The van der Waals surface area contributed by atoms with E-state index >= 15 is 0 Å². The number of aliphatic hydroxyl groups excluding tert-OH is 2. The van der Waals surface area contributed by atoms with Gasteiger partial charge in [0.1, 0.15) is 24.4 Å². The third-order valence-electron chi connectivity index (χ3n) is 10.2. The van der Waals surface area contributed by atoms with Gasteiger partial charge in [-0.1, -0.05) is 51.1 Å². The van der Waals surface area contributed by atoms with Gasteiger partial charge >= 0.3 is 5.97 Å². The van der Waals surface area contributed by atoms with Gasteiger partial charge in [0, 0.05) is 31.1 Å². The number of carbonyl (C=O) groups is 3. The predicted molar refractivity (Wildman–Crippen MR) is 135 cm³/mol. The summed E-state index contributed by atoms with van der Waals surface area (Å²) in [5, 5.41) is 35.1. The van der Waals surface area contributed by atoms with Gasteiger partial charge in [-0.2, -0.15) is 0 Å². The molecule has 1 aliphatic heterocycles. The van der Waals surface area contributed by atoms with Crippen LogP contribution in [0.15, 0.2) is 30.3 Å². The van der Waals surface area contributed by atoms with E-state index in [0.717, 1.165) is 5.56 Å². The summed E-state index contributed by atoms with van der Waals surface area (Å²) in [5.74, 6) is -5.23. The van der Waals surface area contributed by atoms with Crippen molar-refractivity contribution in [3.8, 4) is 0 Å². The first-order valence-electron chi connectivity index (χ1n) is 13.5. The Hall–Kier alpha value is -2.21. The summed E-state index contributed by atoms with van der Waals surface area (Å²) >= 11 is 0. The van der Waals surface area contributed by atoms with Crippen LogP contribution in [0.25, 0.3) is 0 Å². The third kappa shape index (κ3) is 3.87. The summed E-state index contributed by atoms with van der Waals surface area (Å²) in [6, 6.07) is 9.18. The summed E-state index contributed by atoms with van der Waals surface area (Å²) in [6.45, 7) is 7.60. The molecule has 0 spiro atoms. The van der Waals surface area contributed by atoms with Gasteiger partial charge in [-0.3, -0.25) is 14.4 Å². The Morgan fingerprint density at radius 1 is 1.13 bits per heavy atom. The second-order valence-corrected chi connectivity index (χ2v) is 12.6. The number of esters is 1. The van der Waals surface area contributed by atoms with Crippen molar-refractivity contribution in [2.24, 2.45) is 28.6 Å². The fourth-order valence-electron chi connectivity index (χ4n) is 7.91. The van der Waals surface area contributed by atoms with Crippen LogP contribution in [0.5, 0.6) is 0 Å². The molecule has 0 radical (unpaired) electrons. The molecule has 2 bridgehead atoms. The van der Waals surface area contributed by atoms with E-state index in [1.165, 1.54) is 13.8 Å². The van der Waals surface area contributed by atoms with Crippen LogP contribution < -0.4 is 0 Å². The summed E-state index contributed by atoms with van der Waals surface area (Å²) < 4.78 is 11.6. The number of aliphatic hydroxyl groups is 3. The van der Waals surface area contributed by atoms with Crippen LogP contribution in [0.4, 0.5) is 0 Å². The van der Waals surface area contributed by atoms with Crippen molar-refractivity contribution in [1.82, 2.24) is 0 Å². The standard InChI is InChI=1S/C29H38O10/c1-15-18(31)12-29(35)25(39-37-13-17-9-7-6-8-10-17)23-27(5,24(34)22(33)21(15)26(29,3)4)19(32)11-20-28(23,14-36-20)38-16(2)30/h6-10,15,18-21,23,25,31-32,35H,11-14H2,1-5H3/t15?,18-,19-,20+,21?,23-,25-,27+,28-,29+/m0/s1. The molecule has 1 heterocycles. The zero-order valence-corrected chi connectivity index (χ0v) is 23.0. The highest BCUT2D eigenvalue weighted by molar-refractivity contribution is 6.40. The molecule has 39 heavy (non-hydrogen) atoms. The molecule has 4 aliphatic rings. The molecule has 4 fully saturated rings. The first-order chi connectivity index (χ1) is 18.2. The first kappa shape index (κ1) is 28.3.